The lowest BCUT2D eigenvalue weighted by Gasteiger charge is -2.24. The van der Waals surface area contributed by atoms with Gasteiger partial charge in [0.05, 0.1) is 18.4 Å². The van der Waals surface area contributed by atoms with Gasteiger partial charge in [-0.1, -0.05) is 36.4 Å². The molecule has 5 heteroatoms. The number of carboxylic acids is 1. The molecule has 1 aromatic carbocycles. The van der Waals surface area contributed by atoms with Crippen LogP contribution in [-0.2, 0) is 22.7 Å². The predicted molar refractivity (Wildman–Crippen MR) is 77.2 cm³/mol. The van der Waals surface area contributed by atoms with E-state index in [2.05, 4.69) is 5.32 Å². The highest BCUT2D eigenvalue weighted by atomic mass is 16.4. The quantitative estimate of drug-likeness (QED) is 0.716. The van der Waals surface area contributed by atoms with Crippen molar-refractivity contribution in [3.8, 4) is 0 Å². The molecule has 1 aromatic rings. The molecule has 2 unspecified atom stereocenters. The van der Waals surface area contributed by atoms with Crippen LogP contribution in [0.1, 0.15) is 24.0 Å². The second-order valence-electron chi connectivity index (χ2n) is 5.19. The number of carbonyl (C=O) groups is 2. The van der Waals surface area contributed by atoms with Gasteiger partial charge in [0, 0.05) is 6.54 Å². The Morgan fingerprint density at radius 1 is 1.14 bits per heavy atom. The molecule has 0 saturated heterocycles. The Balaban J connectivity index is 1.97. The summed E-state index contributed by atoms with van der Waals surface area (Å²) in [5.41, 5.74) is 1.67. The molecule has 2 rings (SSSR count). The van der Waals surface area contributed by atoms with Gasteiger partial charge in [-0.25, -0.2) is 0 Å². The van der Waals surface area contributed by atoms with Crippen LogP contribution in [0.5, 0.6) is 0 Å². The van der Waals surface area contributed by atoms with Gasteiger partial charge in [0.1, 0.15) is 0 Å². The van der Waals surface area contributed by atoms with E-state index in [-0.39, 0.29) is 12.5 Å². The van der Waals surface area contributed by atoms with Crippen LogP contribution in [0.25, 0.3) is 0 Å². The number of rotatable bonds is 5. The van der Waals surface area contributed by atoms with Crippen LogP contribution in [0.15, 0.2) is 36.4 Å². The SMILES string of the molecule is O=C(O)C1CC=CCC1C(=O)NCc1cccc(CO)c1. The van der Waals surface area contributed by atoms with Crippen LogP contribution in [0.2, 0.25) is 0 Å². The van der Waals surface area contributed by atoms with E-state index in [9.17, 15) is 9.59 Å². The molecule has 0 saturated carbocycles. The third-order valence-corrected chi connectivity index (χ3v) is 3.73. The van der Waals surface area contributed by atoms with Crippen molar-refractivity contribution in [1.29, 1.82) is 0 Å². The van der Waals surface area contributed by atoms with Crippen molar-refractivity contribution in [3.63, 3.8) is 0 Å². The predicted octanol–water partition coefficient (Wildman–Crippen LogP) is 1.46. The summed E-state index contributed by atoms with van der Waals surface area (Å²) in [6.07, 6.45) is 4.52. The zero-order chi connectivity index (χ0) is 15.2. The van der Waals surface area contributed by atoms with Gasteiger partial charge in [0.2, 0.25) is 5.91 Å². The zero-order valence-corrected chi connectivity index (χ0v) is 11.7. The Morgan fingerprint density at radius 3 is 2.48 bits per heavy atom. The lowest BCUT2D eigenvalue weighted by Crippen LogP contribution is -2.38. The Hall–Kier alpha value is -2.14. The van der Waals surface area contributed by atoms with Crippen molar-refractivity contribution in [2.45, 2.75) is 26.0 Å². The number of hydrogen-bond donors (Lipinski definition) is 3. The molecule has 0 heterocycles. The molecule has 1 amide bonds. The number of aliphatic carboxylic acids is 1. The lowest BCUT2D eigenvalue weighted by atomic mass is 9.82. The van der Waals surface area contributed by atoms with Crippen LogP contribution in [-0.4, -0.2) is 22.1 Å². The van der Waals surface area contributed by atoms with Gasteiger partial charge in [-0.2, -0.15) is 0 Å². The fraction of sp³-hybridized carbons (Fsp3) is 0.375. The fourth-order valence-electron chi connectivity index (χ4n) is 2.54. The summed E-state index contributed by atoms with van der Waals surface area (Å²) in [6, 6.07) is 7.29. The number of carboxylic acid groups (broad SMARTS) is 1. The normalized spacial score (nSPS) is 21.0. The summed E-state index contributed by atoms with van der Waals surface area (Å²) < 4.78 is 0. The molecular formula is C16H19NO4. The standard InChI is InChI=1S/C16H19NO4/c18-10-12-5-3-4-11(8-12)9-17-15(19)13-6-1-2-7-14(13)16(20)21/h1-5,8,13-14,18H,6-7,9-10H2,(H,17,19)(H,20,21). The van der Waals surface area contributed by atoms with Crippen LogP contribution in [0.3, 0.4) is 0 Å². The van der Waals surface area contributed by atoms with E-state index in [0.29, 0.717) is 19.4 Å². The number of allylic oxidation sites excluding steroid dienone is 2. The molecule has 112 valence electrons. The second kappa shape index (κ2) is 7.04. The largest absolute Gasteiger partial charge is 0.481 e. The molecule has 1 aliphatic carbocycles. The average Bonchev–Trinajstić information content (AvgIpc) is 2.52. The molecule has 1 aliphatic rings. The first-order valence-corrected chi connectivity index (χ1v) is 6.96. The Morgan fingerprint density at radius 2 is 1.81 bits per heavy atom. The van der Waals surface area contributed by atoms with E-state index < -0.39 is 17.8 Å². The third-order valence-electron chi connectivity index (χ3n) is 3.73. The van der Waals surface area contributed by atoms with Gasteiger partial charge >= 0.3 is 5.97 Å². The number of hydrogen-bond acceptors (Lipinski definition) is 3. The Bertz CT molecular complexity index is 553. The first-order valence-electron chi connectivity index (χ1n) is 6.96. The van der Waals surface area contributed by atoms with E-state index in [0.717, 1.165) is 11.1 Å². The van der Waals surface area contributed by atoms with E-state index in [1.165, 1.54) is 0 Å². The van der Waals surface area contributed by atoms with Crippen LogP contribution in [0, 0.1) is 11.8 Å². The minimum Gasteiger partial charge on any atom is -0.481 e. The van der Waals surface area contributed by atoms with Gasteiger partial charge < -0.3 is 15.5 Å². The summed E-state index contributed by atoms with van der Waals surface area (Å²) in [7, 11) is 0. The van der Waals surface area contributed by atoms with E-state index in [1.54, 1.807) is 6.07 Å². The Labute approximate surface area is 123 Å². The van der Waals surface area contributed by atoms with Crippen molar-refractivity contribution in [3.05, 3.63) is 47.5 Å². The summed E-state index contributed by atoms with van der Waals surface area (Å²) in [6.45, 7) is 0.287. The van der Waals surface area contributed by atoms with Crippen molar-refractivity contribution < 1.29 is 19.8 Å². The molecule has 0 aliphatic heterocycles. The van der Waals surface area contributed by atoms with Crippen LogP contribution < -0.4 is 5.32 Å². The fourth-order valence-corrected chi connectivity index (χ4v) is 2.54. The number of carbonyl (C=O) groups excluding carboxylic acids is 1. The maximum Gasteiger partial charge on any atom is 0.307 e. The molecule has 0 aromatic heterocycles. The second-order valence-corrected chi connectivity index (χ2v) is 5.19. The lowest BCUT2D eigenvalue weighted by molar-refractivity contribution is -0.147. The molecule has 0 bridgehead atoms. The van der Waals surface area contributed by atoms with E-state index >= 15 is 0 Å². The van der Waals surface area contributed by atoms with E-state index in [1.807, 2.05) is 30.4 Å². The summed E-state index contributed by atoms with van der Waals surface area (Å²) in [5.74, 6) is -2.34. The maximum absolute atomic E-state index is 12.2. The summed E-state index contributed by atoms with van der Waals surface area (Å²) in [5, 5.41) is 21.0. The molecule has 3 N–H and O–H groups in total. The van der Waals surface area contributed by atoms with Crippen LogP contribution >= 0.6 is 0 Å². The zero-order valence-electron chi connectivity index (χ0n) is 11.7. The highest BCUT2D eigenvalue weighted by molar-refractivity contribution is 5.85. The minimum absolute atomic E-state index is 0.0453. The van der Waals surface area contributed by atoms with Crippen molar-refractivity contribution in [2.24, 2.45) is 11.8 Å². The van der Waals surface area contributed by atoms with Crippen LogP contribution in [0.4, 0.5) is 0 Å². The van der Waals surface area contributed by atoms with Gasteiger partial charge in [-0.05, 0) is 24.0 Å². The van der Waals surface area contributed by atoms with Crippen molar-refractivity contribution in [2.75, 3.05) is 0 Å². The highest BCUT2D eigenvalue weighted by Crippen LogP contribution is 2.26. The van der Waals surface area contributed by atoms with E-state index in [4.69, 9.17) is 10.2 Å². The van der Waals surface area contributed by atoms with Gasteiger partial charge in [0.25, 0.3) is 0 Å². The summed E-state index contributed by atoms with van der Waals surface area (Å²) >= 11 is 0. The molecule has 0 fully saturated rings. The highest BCUT2D eigenvalue weighted by Gasteiger charge is 2.33. The third kappa shape index (κ3) is 3.92. The number of aliphatic hydroxyl groups is 1. The van der Waals surface area contributed by atoms with Gasteiger partial charge in [0.15, 0.2) is 0 Å². The number of nitrogens with one attached hydrogen (secondary N) is 1. The van der Waals surface area contributed by atoms with Gasteiger partial charge in [-0.3, -0.25) is 9.59 Å². The monoisotopic (exact) mass is 289 g/mol. The minimum atomic E-state index is -0.929. The first-order chi connectivity index (χ1) is 10.1. The number of aliphatic hydroxyl groups excluding tert-OH is 1. The molecule has 21 heavy (non-hydrogen) atoms. The smallest absolute Gasteiger partial charge is 0.307 e. The van der Waals surface area contributed by atoms with Crippen molar-refractivity contribution >= 4 is 11.9 Å². The topological polar surface area (TPSA) is 86.6 Å². The molecule has 2 atom stereocenters. The molecule has 0 radical (unpaired) electrons. The summed E-state index contributed by atoms with van der Waals surface area (Å²) in [4.78, 5) is 23.4. The number of benzene rings is 1. The maximum atomic E-state index is 12.2. The first kappa shape index (κ1) is 15.3. The molecule has 5 nitrogen and oxygen atoms in total. The average molecular weight is 289 g/mol. The molecular weight excluding hydrogens is 270 g/mol. The molecule has 0 spiro atoms. The Kier molecular flexibility index (Phi) is 5.11. The number of amides is 1. The van der Waals surface area contributed by atoms with Gasteiger partial charge in [-0.15, -0.1) is 0 Å². The van der Waals surface area contributed by atoms with Crippen molar-refractivity contribution in [1.82, 2.24) is 5.32 Å².